The monoisotopic (exact) mass is 181 g/mol. The quantitative estimate of drug-likeness (QED) is 0.711. The number of nitrogen functional groups attached to an aromatic ring is 1. The zero-order valence-electron chi connectivity index (χ0n) is 8.18. The van der Waals surface area contributed by atoms with Gasteiger partial charge in [0.05, 0.1) is 0 Å². The minimum Gasteiger partial charge on any atom is -0.399 e. The third kappa shape index (κ3) is 2.72. The van der Waals surface area contributed by atoms with E-state index in [-0.39, 0.29) is 5.82 Å². The highest BCUT2D eigenvalue weighted by Crippen LogP contribution is 2.23. The molecule has 0 spiro atoms. The summed E-state index contributed by atoms with van der Waals surface area (Å²) in [6.45, 7) is 4.22. The SMILES string of the molecule is CCCC(C)c1cc(N)cc(F)c1. The van der Waals surface area contributed by atoms with Crippen molar-refractivity contribution in [1.29, 1.82) is 0 Å². The van der Waals surface area contributed by atoms with Gasteiger partial charge >= 0.3 is 0 Å². The predicted octanol–water partition coefficient (Wildman–Crippen LogP) is 3.31. The normalized spacial score (nSPS) is 12.8. The van der Waals surface area contributed by atoms with E-state index in [0.29, 0.717) is 11.6 Å². The highest BCUT2D eigenvalue weighted by atomic mass is 19.1. The van der Waals surface area contributed by atoms with E-state index in [1.54, 1.807) is 6.07 Å². The molecular weight excluding hydrogens is 165 g/mol. The lowest BCUT2D eigenvalue weighted by atomic mass is 9.96. The van der Waals surface area contributed by atoms with Gasteiger partial charge in [-0.3, -0.25) is 0 Å². The van der Waals surface area contributed by atoms with Crippen molar-refractivity contribution in [1.82, 2.24) is 0 Å². The molecule has 0 saturated heterocycles. The van der Waals surface area contributed by atoms with Gasteiger partial charge in [-0.15, -0.1) is 0 Å². The van der Waals surface area contributed by atoms with Crippen molar-refractivity contribution in [2.24, 2.45) is 0 Å². The molecule has 13 heavy (non-hydrogen) atoms. The summed E-state index contributed by atoms with van der Waals surface area (Å²) < 4.78 is 12.9. The van der Waals surface area contributed by atoms with Crippen molar-refractivity contribution in [3.05, 3.63) is 29.6 Å². The predicted molar refractivity (Wildman–Crippen MR) is 54.1 cm³/mol. The van der Waals surface area contributed by atoms with Crippen molar-refractivity contribution in [2.45, 2.75) is 32.6 Å². The zero-order chi connectivity index (χ0) is 9.84. The lowest BCUT2D eigenvalue weighted by Gasteiger charge is -2.11. The molecule has 0 aliphatic carbocycles. The van der Waals surface area contributed by atoms with Crippen LogP contribution in [0, 0.1) is 5.82 Å². The van der Waals surface area contributed by atoms with Crippen LogP contribution in [0.3, 0.4) is 0 Å². The lowest BCUT2D eigenvalue weighted by molar-refractivity contribution is 0.614. The molecule has 0 aromatic heterocycles. The molecule has 2 heteroatoms. The highest BCUT2D eigenvalue weighted by Gasteiger charge is 2.06. The van der Waals surface area contributed by atoms with Crippen LogP contribution in [0.1, 0.15) is 38.2 Å². The second kappa shape index (κ2) is 4.26. The number of nitrogens with two attached hydrogens (primary N) is 1. The fourth-order valence-electron chi connectivity index (χ4n) is 1.52. The first-order valence-electron chi connectivity index (χ1n) is 4.69. The van der Waals surface area contributed by atoms with Crippen LogP contribution in [0.25, 0.3) is 0 Å². The Bertz CT molecular complexity index is 263. The first kappa shape index (κ1) is 10.0. The van der Waals surface area contributed by atoms with Crippen LogP contribution in [0.2, 0.25) is 0 Å². The van der Waals surface area contributed by atoms with E-state index >= 15 is 0 Å². The third-order valence-corrected chi connectivity index (χ3v) is 2.23. The summed E-state index contributed by atoms with van der Waals surface area (Å²) in [6, 6.07) is 4.77. The minimum absolute atomic E-state index is 0.238. The second-order valence-corrected chi connectivity index (χ2v) is 3.51. The summed E-state index contributed by atoms with van der Waals surface area (Å²) in [6.07, 6.45) is 2.18. The van der Waals surface area contributed by atoms with E-state index < -0.39 is 0 Å². The van der Waals surface area contributed by atoms with Crippen molar-refractivity contribution >= 4 is 5.69 Å². The summed E-state index contributed by atoms with van der Waals surface area (Å²) in [5.41, 5.74) is 7.06. The highest BCUT2D eigenvalue weighted by molar-refractivity contribution is 5.42. The van der Waals surface area contributed by atoms with Gasteiger partial charge in [0.25, 0.3) is 0 Å². The largest absolute Gasteiger partial charge is 0.399 e. The number of hydrogen-bond acceptors (Lipinski definition) is 1. The summed E-state index contributed by atoms with van der Waals surface area (Å²) in [4.78, 5) is 0. The van der Waals surface area contributed by atoms with Gasteiger partial charge in [0.1, 0.15) is 5.82 Å². The van der Waals surface area contributed by atoms with E-state index in [0.717, 1.165) is 18.4 Å². The first-order valence-corrected chi connectivity index (χ1v) is 4.69. The Hall–Kier alpha value is -1.05. The fourth-order valence-corrected chi connectivity index (χ4v) is 1.52. The molecule has 0 heterocycles. The Labute approximate surface area is 78.8 Å². The molecule has 1 rings (SSSR count). The average Bonchev–Trinajstić information content (AvgIpc) is 2.03. The number of anilines is 1. The van der Waals surface area contributed by atoms with Gasteiger partial charge in [-0.05, 0) is 36.1 Å². The molecule has 0 fully saturated rings. The maximum atomic E-state index is 12.9. The Balaban J connectivity index is 2.87. The van der Waals surface area contributed by atoms with Crippen LogP contribution in [0.15, 0.2) is 18.2 Å². The molecule has 1 nitrogen and oxygen atoms in total. The number of rotatable bonds is 3. The van der Waals surface area contributed by atoms with Gasteiger partial charge in [-0.1, -0.05) is 20.3 Å². The van der Waals surface area contributed by atoms with Crippen LogP contribution >= 0.6 is 0 Å². The summed E-state index contributed by atoms with van der Waals surface area (Å²) in [7, 11) is 0. The van der Waals surface area contributed by atoms with E-state index in [4.69, 9.17) is 5.73 Å². The Morgan fingerprint density at radius 1 is 1.38 bits per heavy atom. The van der Waals surface area contributed by atoms with Crippen molar-refractivity contribution in [3.8, 4) is 0 Å². The van der Waals surface area contributed by atoms with Gasteiger partial charge < -0.3 is 5.73 Å². The average molecular weight is 181 g/mol. The number of hydrogen-bond donors (Lipinski definition) is 1. The standard InChI is InChI=1S/C11H16FN/c1-3-4-8(2)9-5-10(12)7-11(13)6-9/h5-8H,3-4,13H2,1-2H3. The fraction of sp³-hybridized carbons (Fsp3) is 0.455. The summed E-state index contributed by atoms with van der Waals surface area (Å²) in [5, 5.41) is 0. The summed E-state index contributed by atoms with van der Waals surface area (Å²) in [5.74, 6) is 0.154. The van der Waals surface area contributed by atoms with Gasteiger partial charge in [0.15, 0.2) is 0 Å². The second-order valence-electron chi connectivity index (χ2n) is 3.51. The first-order chi connectivity index (χ1) is 6.13. The maximum absolute atomic E-state index is 12.9. The van der Waals surface area contributed by atoms with Gasteiger partial charge in [0.2, 0.25) is 0 Å². The molecule has 0 bridgehead atoms. The van der Waals surface area contributed by atoms with Crippen molar-refractivity contribution < 1.29 is 4.39 Å². The topological polar surface area (TPSA) is 26.0 Å². The molecule has 1 unspecified atom stereocenters. The lowest BCUT2D eigenvalue weighted by Crippen LogP contribution is -1.96. The Kier molecular flexibility index (Phi) is 3.29. The van der Waals surface area contributed by atoms with Crippen LogP contribution < -0.4 is 5.73 Å². The molecule has 1 aromatic rings. The van der Waals surface area contributed by atoms with E-state index in [9.17, 15) is 4.39 Å². The van der Waals surface area contributed by atoms with Crippen LogP contribution in [0.4, 0.5) is 10.1 Å². The third-order valence-electron chi connectivity index (χ3n) is 2.23. The van der Waals surface area contributed by atoms with Crippen LogP contribution in [0.5, 0.6) is 0 Å². The van der Waals surface area contributed by atoms with E-state index in [1.807, 2.05) is 6.07 Å². The maximum Gasteiger partial charge on any atom is 0.125 e. The van der Waals surface area contributed by atoms with Crippen LogP contribution in [-0.2, 0) is 0 Å². The smallest absolute Gasteiger partial charge is 0.125 e. The van der Waals surface area contributed by atoms with E-state index in [1.165, 1.54) is 6.07 Å². The number of halogens is 1. The summed E-state index contributed by atoms with van der Waals surface area (Å²) >= 11 is 0. The van der Waals surface area contributed by atoms with Gasteiger partial charge in [-0.2, -0.15) is 0 Å². The van der Waals surface area contributed by atoms with E-state index in [2.05, 4.69) is 13.8 Å². The molecule has 1 atom stereocenters. The van der Waals surface area contributed by atoms with Gasteiger partial charge in [0, 0.05) is 5.69 Å². The molecule has 1 aromatic carbocycles. The molecule has 0 aliphatic rings. The number of benzene rings is 1. The molecule has 0 radical (unpaired) electrons. The molecule has 72 valence electrons. The van der Waals surface area contributed by atoms with Crippen molar-refractivity contribution in [3.63, 3.8) is 0 Å². The Morgan fingerprint density at radius 3 is 2.62 bits per heavy atom. The molecule has 0 amide bonds. The Morgan fingerprint density at radius 2 is 2.08 bits per heavy atom. The molecule has 2 N–H and O–H groups in total. The van der Waals surface area contributed by atoms with Crippen LogP contribution in [-0.4, -0.2) is 0 Å². The van der Waals surface area contributed by atoms with Gasteiger partial charge in [-0.25, -0.2) is 4.39 Å². The molecule has 0 aliphatic heterocycles. The minimum atomic E-state index is -0.238. The molecular formula is C11H16FN. The molecule has 0 saturated carbocycles. The zero-order valence-corrected chi connectivity index (χ0v) is 8.18. The van der Waals surface area contributed by atoms with Crippen molar-refractivity contribution in [2.75, 3.05) is 5.73 Å².